The largest absolute Gasteiger partial charge is 0.384 e. The van der Waals surface area contributed by atoms with Crippen molar-refractivity contribution in [2.45, 2.75) is 45.0 Å². The van der Waals surface area contributed by atoms with Gasteiger partial charge in [0.2, 0.25) is 0 Å². The Labute approximate surface area is 135 Å². The number of nitrogen functional groups attached to an aromatic ring is 1. The quantitative estimate of drug-likeness (QED) is 0.530. The monoisotopic (exact) mass is 315 g/mol. The number of ketones is 1. The number of hydrogen-bond donors (Lipinski definition) is 1. The van der Waals surface area contributed by atoms with Crippen molar-refractivity contribution in [2.24, 2.45) is 0 Å². The molecule has 0 aliphatic heterocycles. The number of nitrogens with zero attached hydrogens (tertiary/aromatic N) is 2. The van der Waals surface area contributed by atoms with Crippen molar-refractivity contribution in [1.29, 1.82) is 0 Å². The van der Waals surface area contributed by atoms with Crippen LogP contribution in [0.5, 0.6) is 0 Å². The Morgan fingerprint density at radius 1 is 1.05 bits per heavy atom. The molecule has 0 spiro atoms. The van der Waals surface area contributed by atoms with Gasteiger partial charge >= 0.3 is 0 Å². The van der Waals surface area contributed by atoms with Crippen LogP contribution in [0.3, 0.4) is 0 Å². The van der Waals surface area contributed by atoms with Crippen LogP contribution in [0.1, 0.15) is 39.7 Å². The van der Waals surface area contributed by atoms with Gasteiger partial charge in [0.05, 0.1) is 5.25 Å². The van der Waals surface area contributed by atoms with E-state index in [9.17, 15) is 4.79 Å². The Morgan fingerprint density at radius 3 is 2.32 bits per heavy atom. The molecule has 0 fully saturated rings. The van der Waals surface area contributed by atoms with Gasteiger partial charge in [-0.25, -0.2) is 9.97 Å². The van der Waals surface area contributed by atoms with Crippen molar-refractivity contribution in [3.8, 4) is 0 Å². The van der Waals surface area contributed by atoms with Crippen molar-refractivity contribution in [3.63, 3.8) is 0 Å². The van der Waals surface area contributed by atoms with Crippen molar-refractivity contribution in [3.05, 3.63) is 46.1 Å². The molecule has 5 heteroatoms. The van der Waals surface area contributed by atoms with E-state index >= 15 is 0 Å². The Hall–Kier alpha value is -1.88. The number of hydrogen-bond acceptors (Lipinski definition) is 5. The predicted molar refractivity (Wildman–Crippen MR) is 91.5 cm³/mol. The van der Waals surface area contributed by atoms with E-state index in [2.05, 4.69) is 23.0 Å². The van der Waals surface area contributed by atoms with Crippen molar-refractivity contribution >= 4 is 23.4 Å². The van der Waals surface area contributed by atoms with Crippen LogP contribution < -0.4 is 5.73 Å². The van der Waals surface area contributed by atoms with E-state index in [-0.39, 0.29) is 11.0 Å². The van der Waals surface area contributed by atoms with E-state index in [1.165, 1.54) is 17.3 Å². The lowest BCUT2D eigenvalue weighted by Crippen LogP contribution is -2.16. The number of anilines is 1. The number of benzene rings is 1. The molecule has 22 heavy (non-hydrogen) atoms. The molecule has 0 saturated carbocycles. The lowest BCUT2D eigenvalue weighted by Gasteiger charge is -2.13. The Morgan fingerprint density at radius 2 is 1.68 bits per heavy atom. The van der Waals surface area contributed by atoms with Gasteiger partial charge in [-0.05, 0) is 57.4 Å². The fourth-order valence-corrected chi connectivity index (χ4v) is 3.18. The summed E-state index contributed by atoms with van der Waals surface area (Å²) in [5.74, 6) is 0.520. The van der Waals surface area contributed by atoms with Gasteiger partial charge in [-0.1, -0.05) is 17.8 Å². The SMILES string of the molecule is Cc1cc(N)nc(SC(C)C(=O)c2cc(C)c(C)cc2C)n1. The number of aromatic nitrogens is 2. The number of Topliss-reactive ketones (excluding diaryl/α,β-unsaturated/α-hetero) is 1. The summed E-state index contributed by atoms with van der Waals surface area (Å²) in [6.07, 6.45) is 0. The number of thioether (sulfide) groups is 1. The summed E-state index contributed by atoms with van der Waals surface area (Å²) in [5.41, 5.74) is 10.6. The molecule has 1 unspecified atom stereocenters. The van der Waals surface area contributed by atoms with E-state index in [0.29, 0.717) is 11.0 Å². The van der Waals surface area contributed by atoms with Crippen molar-refractivity contribution in [1.82, 2.24) is 9.97 Å². The number of aryl methyl sites for hydroxylation is 4. The second kappa shape index (κ2) is 6.48. The van der Waals surface area contributed by atoms with Crippen molar-refractivity contribution < 1.29 is 4.79 Å². The fourth-order valence-electron chi connectivity index (χ4n) is 2.27. The summed E-state index contributed by atoms with van der Waals surface area (Å²) in [5, 5.41) is 0.279. The molecule has 1 aromatic heterocycles. The zero-order chi connectivity index (χ0) is 16.4. The second-order valence-electron chi connectivity index (χ2n) is 5.59. The first-order chi connectivity index (χ1) is 10.3. The van der Waals surface area contributed by atoms with Crippen LogP contribution in [0.15, 0.2) is 23.4 Å². The lowest BCUT2D eigenvalue weighted by molar-refractivity contribution is 0.0993. The molecule has 2 N–H and O–H groups in total. The molecule has 1 aromatic carbocycles. The first-order valence-corrected chi connectivity index (χ1v) is 8.05. The van der Waals surface area contributed by atoms with Crippen LogP contribution in [-0.2, 0) is 0 Å². The molecule has 0 aliphatic rings. The van der Waals surface area contributed by atoms with Gasteiger partial charge in [0.25, 0.3) is 0 Å². The summed E-state index contributed by atoms with van der Waals surface area (Å²) in [6, 6.07) is 5.74. The average molecular weight is 315 g/mol. The predicted octanol–water partition coefficient (Wildman–Crippen LogP) is 3.66. The highest BCUT2D eigenvalue weighted by Gasteiger charge is 2.20. The zero-order valence-corrected chi connectivity index (χ0v) is 14.4. The molecule has 0 amide bonds. The normalized spacial score (nSPS) is 12.2. The van der Waals surface area contributed by atoms with Gasteiger partial charge in [0.1, 0.15) is 5.82 Å². The summed E-state index contributed by atoms with van der Waals surface area (Å²) in [6.45, 7) is 9.79. The smallest absolute Gasteiger partial charge is 0.190 e. The topological polar surface area (TPSA) is 68.9 Å². The molecular formula is C17H21N3OS. The van der Waals surface area contributed by atoms with Crippen LogP contribution in [-0.4, -0.2) is 21.0 Å². The van der Waals surface area contributed by atoms with Gasteiger partial charge in [0.15, 0.2) is 10.9 Å². The second-order valence-corrected chi connectivity index (χ2v) is 6.90. The first-order valence-electron chi connectivity index (χ1n) is 7.18. The third-order valence-corrected chi connectivity index (χ3v) is 4.57. The van der Waals surface area contributed by atoms with Gasteiger partial charge in [-0.2, -0.15) is 0 Å². The first kappa shape index (κ1) is 16.5. The van der Waals surface area contributed by atoms with Crippen LogP contribution in [0, 0.1) is 27.7 Å². The van der Waals surface area contributed by atoms with E-state index in [4.69, 9.17) is 5.73 Å². The summed E-state index contributed by atoms with van der Waals surface area (Å²) in [7, 11) is 0. The zero-order valence-electron chi connectivity index (χ0n) is 13.6. The van der Waals surface area contributed by atoms with E-state index in [1.54, 1.807) is 6.07 Å². The highest BCUT2D eigenvalue weighted by Crippen LogP contribution is 2.26. The van der Waals surface area contributed by atoms with Crippen LogP contribution in [0.25, 0.3) is 0 Å². The molecule has 2 aromatic rings. The van der Waals surface area contributed by atoms with E-state index in [1.807, 2.05) is 33.8 Å². The summed E-state index contributed by atoms with van der Waals surface area (Å²) >= 11 is 1.34. The molecule has 1 heterocycles. The van der Waals surface area contributed by atoms with E-state index < -0.39 is 0 Å². The Balaban J connectivity index is 2.24. The van der Waals surface area contributed by atoms with Crippen molar-refractivity contribution in [2.75, 3.05) is 5.73 Å². The minimum absolute atomic E-state index is 0.0919. The average Bonchev–Trinajstić information content (AvgIpc) is 2.40. The maximum absolute atomic E-state index is 12.7. The fraction of sp³-hybridized carbons (Fsp3) is 0.353. The maximum Gasteiger partial charge on any atom is 0.190 e. The molecule has 0 saturated heterocycles. The molecule has 0 radical (unpaired) electrons. The highest BCUT2D eigenvalue weighted by atomic mass is 32.2. The molecule has 1 atom stereocenters. The molecule has 116 valence electrons. The third-order valence-electron chi connectivity index (χ3n) is 3.61. The third kappa shape index (κ3) is 3.65. The van der Waals surface area contributed by atoms with Gasteiger partial charge in [-0.3, -0.25) is 4.79 Å². The molecule has 4 nitrogen and oxygen atoms in total. The Kier molecular flexibility index (Phi) is 4.86. The van der Waals surface area contributed by atoms with Gasteiger partial charge in [0, 0.05) is 17.3 Å². The summed E-state index contributed by atoms with van der Waals surface area (Å²) < 4.78 is 0. The standard InChI is InChI=1S/C17H21N3OS/c1-9-6-11(3)14(7-10(9)2)16(21)13(5)22-17-19-12(4)8-15(18)20-17/h6-8,13H,1-5H3,(H2,18,19,20). The lowest BCUT2D eigenvalue weighted by atomic mass is 9.97. The summed E-state index contributed by atoms with van der Waals surface area (Å²) in [4.78, 5) is 21.2. The Bertz CT molecular complexity index is 708. The van der Waals surface area contributed by atoms with Gasteiger partial charge < -0.3 is 5.73 Å². The number of carbonyl (C=O) groups excluding carboxylic acids is 1. The number of rotatable bonds is 4. The maximum atomic E-state index is 12.7. The molecule has 2 rings (SSSR count). The van der Waals surface area contributed by atoms with Crippen LogP contribution >= 0.6 is 11.8 Å². The minimum atomic E-state index is -0.262. The molecule has 0 aliphatic carbocycles. The highest BCUT2D eigenvalue weighted by molar-refractivity contribution is 8.00. The number of carbonyl (C=O) groups is 1. The van der Waals surface area contributed by atoms with Gasteiger partial charge in [-0.15, -0.1) is 0 Å². The number of nitrogens with two attached hydrogens (primary N) is 1. The molecular weight excluding hydrogens is 294 g/mol. The van der Waals surface area contributed by atoms with Crippen LogP contribution in [0.2, 0.25) is 0 Å². The minimum Gasteiger partial charge on any atom is -0.384 e. The molecule has 0 bridgehead atoms. The van der Waals surface area contributed by atoms with Crippen LogP contribution in [0.4, 0.5) is 5.82 Å². The van der Waals surface area contributed by atoms with E-state index in [0.717, 1.165) is 22.4 Å².